The average molecular weight is 400 g/mol. The summed E-state index contributed by atoms with van der Waals surface area (Å²) in [7, 11) is 0. The highest BCUT2D eigenvalue weighted by Crippen LogP contribution is 2.62. The minimum Gasteiger partial charge on any atom is -0.390 e. The summed E-state index contributed by atoms with van der Waals surface area (Å²) in [6.45, 7) is 4.60. The second kappa shape index (κ2) is 7.25. The van der Waals surface area contributed by atoms with Gasteiger partial charge in [0.25, 0.3) is 0 Å². The fourth-order valence-corrected chi connectivity index (χ4v) is 8.26. The van der Waals surface area contributed by atoms with E-state index in [4.69, 9.17) is 0 Å². The van der Waals surface area contributed by atoms with Gasteiger partial charge < -0.3 is 10.4 Å². The SMILES string of the molecule is C[C@@]1(O)CC[C@H]2[C@H](CC[C@@H]3[C@@H]2CC[C@]2(C)[C@@H](Nc4ccc(F)cc4)CCC[C@@H]32)C1. The minimum atomic E-state index is -0.424. The Kier molecular flexibility index (Phi) is 4.96. The molecule has 0 aliphatic heterocycles. The van der Waals surface area contributed by atoms with Gasteiger partial charge in [0.1, 0.15) is 5.82 Å². The lowest BCUT2D eigenvalue weighted by Crippen LogP contribution is -2.56. The summed E-state index contributed by atoms with van der Waals surface area (Å²) in [5.41, 5.74) is 0.992. The summed E-state index contributed by atoms with van der Waals surface area (Å²) in [5.74, 6) is 4.01. The number of rotatable bonds is 2. The van der Waals surface area contributed by atoms with Crippen LogP contribution >= 0.6 is 0 Å². The maximum Gasteiger partial charge on any atom is 0.123 e. The van der Waals surface area contributed by atoms with E-state index in [0.29, 0.717) is 11.5 Å². The number of aliphatic hydroxyl groups is 1. The van der Waals surface area contributed by atoms with E-state index in [1.165, 1.54) is 51.4 Å². The van der Waals surface area contributed by atoms with E-state index in [0.717, 1.165) is 48.1 Å². The summed E-state index contributed by atoms with van der Waals surface area (Å²) < 4.78 is 13.3. The summed E-state index contributed by atoms with van der Waals surface area (Å²) in [6.07, 6.45) is 12.6. The smallest absolute Gasteiger partial charge is 0.123 e. The van der Waals surface area contributed by atoms with E-state index in [-0.39, 0.29) is 5.82 Å². The molecule has 0 aromatic heterocycles. The van der Waals surface area contributed by atoms with Gasteiger partial charge in [-0.05, 0) is 124 Å². The Morgan fingerprint density at radius 2 is 1.66 bits per heavy atom. The standard InChI is InChI=1S/C26H38FNO/c1-25(29)14-12-20-17(16-25)6-11-22-21(20)13-15-26(2)23(22)4-3-5-24(26)28-19-9-7-18(27)8-10-19/h7-10,17,20-24,28-29H,3-6,11-16H2,1-2H3/t17-,20+,21-,22-,23+,24+,25-,26+/m1/s1. The molecule has 2 nitrogen and oxygen atoms in total. The van der Waals surface area contributed by atoms with E-state index in [9.17, 15) is 9.50 Å². The molecule has 1 aromatic carbocycles. The van der Waals surface area contributed by atoms with E-state index >= 15 is 0 Å². The van der Waals surface area contributed by atoms with Crippen LogP contribution in [-0.4, -0.2) is 16.7 Å². The quantitative estimate of drug-likeness (QED) is 0.603. The number of halogens is 1. The van der Waals surface area contributed by atoms with Crippen LogP contribution in [0.2, 0.25) is 0 Å². The fourth-order valence-electron chi connectivity index (χ4n) is 8.26. The van der Waals surface area contributed by atoms with Crippen molar-refractivity contribution in [3.63, 3.8) is 0 Å². The summed E-state index contributed by atoms with van der Waals surface area (Å²) in [4.78, 5) is 0. The molecule has 4 saturated carbocycles. The van der Waals surface area contributed by atoms with Crippen molar-refractivity contribution in [1.29, 1.82) is 0 Å². The van der Waals surface area contributed by atoms with Crippen LogP contribution in [-0.2, 0) is 0 Å². The summed E-state index contributed by atoms with van der Waals surface area (Å²) in [6, 6.07) is 7.43. The van der Waals surface area contributed by atoms with Crippen molar-refractivity contribution in [3.05, 3.63) is 30.1 Å². The van der Waals surface area contributed by atoms with Gasteiger partial charge in [0, 0.05) is 11.7 Å². The lowest BCUT2D eigenvalue weighted by Gasteiger charge is -2.61. The number of anilines is 1. The predicted octanol–water partition coefficient (Wildman–Crippen LogP) is 6.40. The zero-order valence-electron chi connectivity index (χ0n) is 18.2. The van der Waals surface area contributed by atoms with E-state index in [1.807, 2.05) is 12.1 Å². The molecule has 160 valence electrons. The van der Waals surface area contributed by atoms with Gasteiger partial charge in [-0.15, -0.1) is 0 Å². The number of nitrogens with one attached hydrogen (secondary N) is 1. The normalized spacial score (nSPS) is 46.9. The third kappa shape index (κ3) is 3.52. The molecule has 4 fully saturated rings. The molecule has 4 aliphatic carbocycles. The van der Waals surface area contributed by atoms with Crippen LogP contribution in [0, 0.1) is 40.8 Å². The molecule has 4 aliphatic rings. The molecule has 29 heavy (non-hydrogen) atoms. The molecule has 0 saturated heterocycles. The van der Waals surface area contributed by atoms with Gasteiger partial charge in [-0.2, -0.15) is 0 Å². The Labute approximate surface area is 175 Å². The van der Waals surface area contributed by atoms with Crippen molar-refractivity contribution in [2.45, 2.75) is 89.7 Å². The zero-order valence-corrected chi connectivity index (χ0v) is 18.2. The second-order valence-electron chi connectivity index (χ2n) is 11.4. The maximum atomic E-state index is 13.3. The van der Waals surface area contributed by atoms with Gasteiger partial charge in [0.05, 0.1) is 5.60 Å². The van der Waals surface area contributed by atoms with Gasteiger partial charge in [-0.3, -0.25) is 0 Å². The Balaban J connectivity index is 1.34. The molecule has 1 aromatic rings. The van der Waals surface area contributed by atoms with Crippen LogP contribution in [0.15, 0.2) is 24.3 Å². The van der Waals surface area contributed by atoms with Crippen LogP contribution in [0.4, 0.5) is 10.1 Å². The highest BCUT2D eigenvalue weighted by Gasteiger charge is 2.56. The van der Waals surface area contributed by atoms with Crippen LogP contribution in [0.5, 0.6) is 0 Å². The molecular weight excluding hydrogens is 361 g/mol. The molecule has 0 unspecified atom stereocenters. The van der Waals surface area contributed by atoms with Crippen molar-refractivity contribution in [2.24, 2.45) is 35.0 Å². The molecule has 0 radical (unpaired) electrons. The third-order valence-electron chi connectivity index (χ3n) is 9.66. The first-order chi connectivity index (χ1) is 13.9. The predicted molar refractivity (Wildman–Crippen MR) is 116 cm³/mol. The largest absolute Gasteiger partial charge is 0.390 e. The molecular formula is C26H38FNO. The molecule has 3 heteroatoms. The number of hydrogen-bond donors (Lipinski definition) is 2. The third-order valence-corrected chi connectivity index (χ3v) is 9.66. The Hall–Kier alpha value is -1.09. The molecule has 0 spiro atoms. The number of benzene rings is 1. The Morgan fingerprint density at radius 1 is 0.897 bits per heavy atom. The number of fused-ring (bicyclic) bond motifs is 5. The van der Waals surface area contributed by atoms with E-state index in [2.05, 4.69) is 19.2 Å². The van der Waals surface area contributed by atoms with Gasteiger partial charge in [-0.1, -0.05) is 13.3 Å². The highest BCUT2D eigenvalue weighted by molar-refractivity contribution is 5.44. The molecule has 2 N–H and O–H groups in total. The first kappa shape index (κ1) is 19.8. The number of hydrogen-bond acceptors (Lipinski definition) is 2. The lowest BCUT2D eigenvalue weighted by atomic mass is 9.46. The van der Waals surface area contributed by atoms with E-state index < -0.39 is 5.60 Å². The molecule has 5 rings (SSSR count). The zero-order chi connectivity index (χ0) is 20.2. The minimum absolute atomic E-state index is 0.160. The van der Waals surface area contributed by atoms with Crippen LogP contribution in [0.3, 0.4) is 0 Å². The Bertz CT molecular complexity index is 731. The fraction of sp³-hybridized carbons (Fsp3) is 0.769. The van der Waals surface area contributed by atoms with Gasteiger partial charge in [0.15, 0.2) is 0 Å². The van der Waals surface area contributed by atoms with Crippen LogP contribution in [0.25, 0.3) is 0 Å². The van der Waals surface area contributed by atoms with Crippen molar-refractivity contribution >= 4 is 5.69 Å². The van der Waals surface area contributed by atoms with Crippen molar-refractivity contribution in [2.75, 3.05) is 5.32 Å². The monoisotopic (exact) mass is 399 g/mol. The molecule has 0 bridgehead atoms. The molecule has 0 amide bonds. The van der Waals surface area contributed by atoms with Gasteiger partial charge >= 0.3 is 0 Å². The highest BCUT2D eigenvalue weighted by atomic mass is 19.1. The Morgan fingerprint density at radius 3 is 2.45 bits per heavy atom. The average Bonchev–Trinajstić information content (AvgIpc) is 2.69. The van der Waals surface area contributed by atoms with Crippen LogP contribution in [0.1, 0.15) is 78.1 Å². The second-order valence-corrected chi connectivity index (χ2v) is 11.4. The van der Waals surface area contributed by atoms with Crippen molar-refractivity contribution < 1.29 is 9.50 Å². The van der Waals surface area contributed by atoms with Gasteiger partial charge in [-0.25, -0.2) is 4.39 Å². The maximum absolute atomic E-state index is 13.3. The summed E-state index contributed by atoms with van der Waals surface area (Å²) >= 11 is 0. The van der Waals surface area contributed by atoms with Crippen molar-refractivity contribution in [3.8, 4) is 0 Å². The van der Waals surface area contributed by atoms with E-state index in [1.54, 1.807) is 12.1 Å². The van der Waals surface area contributed by atoms with Gasteiger partial charge in [0.2, 0.25) is 0 Å². The van der Waals surface area contributed by atoms with Crippen molar-refractivity contribution in [1.82, 2.24) is 0 Å². The molecule has 8 atom stereocenters. The first-order valence-electron chi connectivity index (χ1n) is 12.1. The van der Waals surface area contributed by atoms with Crippen LogP contribution < -0.4 is 5.32 Å². The lowest BCUT2D eigenvalue weighted by molar-refractivity contribution is -0.113. The topological polar surface area (TPSA) is 32.3 Å². The summed E-state index contributed by atoms with van der Waals surface area (Å²) in [5, 5.41) is 14.4. The first-order valence-corrected chi connectivity index (χ1v) is 12.1. The molecule has 0 heterocycles.